The van der Waals surface area contributed by atoms with Gasteiger partial charge in [-0.15, -0.1) is 11.3 Å². The lowest BCUT2D eigenvalue weighted by molar-refractivity contribution is 0.105. The summed E-state index contributed by atoms with van der Waals surface area (Å²) in [4.78, 5) is 14.1. The zero-order valence-corrected chi connectivity index (χ0v) is 13.3. The highest BCUT2D eigenvalue weighted by Gasteiger charge is 2.08. The molecule has 0 unspecified atom stereocenters. The average molecular weight is 339 g/mol. The minimum absolute atomic E-state index is 0.0421. The molecule has 0 amide bonds. The molecule has 2 rings (SSSR count). The Labute approximate surface area is 125 Å². The Morgan fingerprint density at radius 1 is 1.47 bits per heavy atom. The van der Waals surface area contributed by atoms with E-state index in [1.807, 2.05) is 29.8 Å². The van der Waals surface area contributed by atoms with Gasteiger partial charge in [-0.25, -0.2) is 0 Å². The van der Waals surface area contributed by atoms with Crippen molar-refractivity contribution in [3.63, 3.8) is 0 Å². The molecule has 19 heavy (non-hydrogen) atoms. The summed E-state index contributed by atoms with van der Waals surface area (Å²) in [7, 11) is 0. The minimum Gasteiger partial charge on any atom is -0.288 e. The molecule has 0 aliphatic rings. The zero-order valence-electron chi connectivity index (χ0n) is 10.9. The van der Waals surface area contributed by atoms with Crippen molar-refractivity contribution in [2.24, 2.45) is 0 Å². The molecule has 0 bridgehead atoms. The first kappa shape index (κ1) is 14.2. The maximum atomic E-state index is 12.1. The van der Waals surface area contributed by atoms with Crippen LogP contribution in [0.15, 0.2) is 28.9 Å². The van der Waals surface area contributed by atoms with Crippen molar-refractivity contribution in [2.45, 2.75) is 26.8 Å². The second-order valence-corrected chi connectivity index (χ2v) is 6.03. The fourth-order valence-electron chi connectivity index (χ4n) is 1.73. The number of hydrogen-bond donors (Lipinski definition) is 0. The van der Waals surface area contributed by atoms with E-state index < -0.39 is 0 Å². The molecular weight excluding hydrogens is 324 g/mol. The summed E-state index contributed by atoms with van der Waals surface area (Å²) in [5, 5.41) is 4.21. The molecule has 0 saturated heterocycles. The summed E-state index contributed by atoms with van der Waals surface area (Å²) >= 11 is 4.99. The van der Waals surface area contributed by atoms with E-state index in [1.54, 1.807) is 23.6 Å². The fourth-order valence-corrected chi connectivity index (χ4v) is 3.02. The van der Waals surface area contributed by atoms with Gasteiger partial charge in [0.15, 0.2) is 5.78 Å². The Bertz CT molecular complexity index is 613. The topological polar surface area (TPSA) is 34.9 Å². The third-order valence-corrected chi connectivity index (χ3v) is 4.63. The van der Waals surface area contributed by atoms with Gasteiger partial charge in [0, 0.05) is 11.4 Å². The molecule has 0 atom stereocenters. The van der Waals surface area contributed by atoms with Crippen molar-refractivity contribution < 1.29 is 4.79 Å². The SMILES string of the molecule is CCc1ccc(C(=O)/C=C/c2c(Br)cnn2CC)s1. The predicted molar refractivity (Wildman–Crippen MR) is 82.7 cm³/mol. The summed E-state index contributed by atoms with van der Waals surface area (Å²) in [6.45, 7) is 4.89. The van der Waals surface area contributed by atoms with Gasteiger partial charge in [0.05, 0.1) is 21.2 Å². The predicted octanol–water partition coefficient (Wildman–Crippen LogP) is 4.19. The highest BCUT2D eigenvalue weighted by atomic mass is 79.9. The first-order valence-electron chi connectivity index (χ1n) is 6.18. The fraction of sp³-hybridized carbons (Fsp3) is 0.286. The zero-order chi connectivity index (χ0) is 13.8. The highest BCUT2D eigenvalue weighted by Crippen LogP contribution is 2.20. The largest absolute Gasteiger partial charge is 0.288 e. The standard InChI is InChI=1S/C14H15BrN2OS/c1-3-10-5-8-14(19-10)13(18)7-6-12-11(15)9-16-17(12)4-2/h5-9H,3-4H2,1-2H3/b7-6+. The molecule has 0 N–H and O–H groups in total. The smallest absolute Gasteiger partial charge is 0.195 e. The first-order valence-corrected chi connectivity index (χ1v) is 7.79. The van der Waals surface area contributed by atoms with Gasteiger partial charge >= 0.3 is 0 Å². The molecule has 2 heterocycles. The number of carbonyl (C=O) groups is 1. The maximum Gasteiger partial charge on any atom is 0.195 e. The molecule has 0 aliphatic carbocycles. The Hall–Kier alpha value is -1.20. The number of hydrogen-bond acceptors (Lipinski definition) is 3. The number of ketones is 1. The van der Waals surface area contributed by atoms with Crippen LogP contribution in [-0.2, 0) is 13.0 Å². The normalized spacial score (nSPS) is 11.3. The number of allylic oxidation sites excluding steroid dienone is 1. The van der Waals surface area contributed by atoms with Gasteiger partial charge in [-0.2, -0.15) is 5.10 Å². The molecule has 5 heteroatoms. The van der Waals surface area contributed by atoms with Crippen molar-refractivity contribution in [3.8, 4) is 0 Å². The van der Waals surface area contributed by atoms with Crippen molar-refractivity contribution in [3.05, 3.63) is 44.3 Å². The van der Waals surface area contributed by atoms with Crippen LogP contribution in [0.4, 0.5) is 0 Å². The van der Waals surface area contributed by atoms with E-state index >= 15 is 0 Å². The number of nitrogens with zero attached hydrogens (tertiary/aromatic N) is 2. The lowest BCUT2D eigenvalue weighted by atomic mass is 10.2. The summed E-state index contributed by atoms with van der Waals surface area (Å²) in [6, 6.07) is 3.90. The second kappa shape index (κ2) is 6.30. The van der Waals surface area contributed by atoms with Crippen molar-refractivity contribution in [2.75, 3.05) is 0 Å². The van der Waals surface area contributed by atoms with E-state index in [4.69, 9.17) is 0 Å². The van der Waals surface area contributed by atoms with E-state index in [1.165, 1.54) is 4.88 Å². The van der Waals surface area contributed by atoms with Crippen LogP contribution in [0.1, 0.15) is 34.1 Å². The molecule has 2 aromatic rings. The molecule has 100 valence electrons. The number of thiophene rings is 1. The van der Waals surface area contributed by atoms with Crippen LogP contribution in [-0.4, -0.2) is 15.6 Å². The Morgan fingerprint density at radius 3 is 2.89 bits per heavy atom. The number of carbonyl (C=O) groups excluding carboxylic acids is 1. The van der Waals surface area contributed by atoms with Crippen LogP contribution >= 0.6 is 27.3 Å². The lowest BCUT2D eigenvalue weighted by Gasteiger charge is -1.99. The van der Waals surface area contributed by atoms with Gasteiger partial charge in [-0.1, -0.05) is 6.92 Å². The molecule has 3 nitrogen and oxygen atoms in total. The van der Waals surface area contributed by atoms with Crippen molar-refractivity contribution in [1.82, 2.24) is 9.78 Å². The molecule has 0 spiro atoms. The van der Waals surface area contributed by atoms with Crippen LogP contribution in [0.3, 0.4) is 0 Å². The van der Waals surface area contributed by atoms with Gasteiger partial charge in [0.25, 0.3) is 0 Å². The van der Waals surface area contributed by atoms with Crippen molar-refractivity contribution >= 4 is 39.1 Å². The van der Waals surface area contributed by atoms with Crippen LogP contribution in [0, 0.1) is 0 Å². The first-order chi connectivity index (χ1) is 9.15. The second-order valence-electron chi connectivity index (χ2n) is 4.01. The quantitative estimate of drug-likeness (QED) is 0.605. The highest BCUT2D eigenvalue weighted by molar-refractivity contribution is 9.10. The third kappa shape index (κ3) is 3.22. The molecule has 0 radical (unpaired) electrons. The van der Waals surface area contributed by atoms with Gasteiger partial charge in [0.1, 0.15) is 0 Å². The van der Waals surface area contributed by atoms with Gasteiger partial charge in [0.2, 0.25) is 0 Å². The van der Waals surface area contributed by atoms with E-state index in [0.29, 0.717) is 0 Å². The Kier molecular flexibility index (Phi) is 4.71. The Balaban J connectivity index is 2.18. The summed E-state index contributed by atoms with van der Waals surface area (Å²) in [5.41, 5.74) is 0.920. The molecule has 0 saturated carbocycles. The summed E-state index contributed by atoms with van der Waals surface area (Å²) < 4.78 is 2.75. The average Bonchev–Trinajstić information content (AvgIpc) is 3.02. The van der Waals surface area contributed by atoms with Gasteiger partial charge in [-0.05, 0) is 53.6 Å². The van der Waals surface area contributed by atoms with E-state index in [-0.39, 0.29) is 5.78 Å². The number of aryl methyl sites for hydroxylation is 2. The van der Waals surface area contributed by atoms with Crippen LogP contribution < -0.4 is 0 Å². The van der Waals surface area contributed by atoms with Crippen LogP contribution in [0.5, 0.6) is 0 Å². The van der Waals surface area contributed by atoms with E-state index in [2.05, 4.69) is 28.0 Å². The summed E-state index contributed by atoms with van der Waals surface area (Å²) in [5.74, 6) is 0.0421. The monoisotopic (exact) mass is 338 g/mol. The number of rotatable bonds is 5. The van der Waals surface area contributed by atoms with E-state index in [9.17, 15) is 4.79 Å². The maximum absolute atomic E-state index is 12.1. The molecule has 2 aromatic heterocycles. The van der Waals surface area contributed by atoms with Gasteiger partial charge in [-0.3, -0.25) is 9.48 Å². The van der Waals surface area contributed by atoms with Gasteiger partial charge < -0.3 is 0 Å². The lowest BCUT2D eigenvalue weighted by Crippen LogP contribution is -1.99. The number of halogens is 1. The summed E-state index contributed by atoms with van der Waals surface area (Å²) in [6.07, 6.45) is 6.14. The molecule has 0 fully saturated rings. The molecule has 0 aromatic carbocycles. The van der Waals surface area contributed by atoms with Crippen molar-refractivity contribution in [1.29, 1.82) is 0 Å². The van der Waals surface area contributed by atoms with Crippen LogP contribution in [0.25, 0.3) is 6.08 Å². The van der Waals surface area contributed by atoms with E-state index in [0.717, 1.165) is 28.0 Å². The van der Waals surface area contributed by atoms with Crippen LogP contribution in [0.2, 0.25) is 0 Å². The minimum atomic E-state index is 0.0421. The third-order valence-electron chi connectivity index (χ3n) is 2.78. The Morgan fingerprint density at radius 2 is 2.26 bits per heavy atom. The molecular formula is C14H15BrN2OS. The number of aromatic nitrogens is 2. The molecule has 0 aliphatic heterocycles.